The highest BCUT2D eigenvalue weighted by Gasteiger charge is 2.12. The summed E-state index contributed by atoms with van der Waals surface area (Å²) in [5.74, 6) is 0. The summed E-state index contributed by atoms with van der Waals surface area (Å²) in [7, 11) is 0. The lowest BCUT2D eigenvalue weighted by Crippen LogP contribution is -2.44. The minimum atomic E-state index is -0.292. The topological polar surface area (TPSA) is 61.4 Å². The van der Waals surface area contributed by atoms with Crippen molar-refractivity contribution in [3.63, 3.8) is 0 Å². The van der Waals surface area contributed by atoms with Crippen molar-refractivity contribution in [2.24, 2.45) is 0 Å². The number of nitrogens with one attached hydrogen (secondary N) is 2. The van der Waals surface area contributed by atoms with E-state index in [1.54, 1.807) is 11.3 Å². The number of rotatable bonds is 6. The number of halogens is 1. The van der Waals surface area contributed by atoms with Crippen LogP contribution in [-0.2, 0) is 13.0 Å². The Labute approximate surface area is 136 Å². The molecule has 0 aliphatic carbocycles. The highest BCUT2D eigenvalue weighted by Crippen LogP contribution is 2.22. The van der Waals surface area contributed by atoms with Gasteiger partial charge in [-0.05, 0) is 39.4 Å². The standard InChI is InChI=1S/C15H17BrN2O2S/c16-13-6-7-21-14(13)9-17-15(20)18-12(10-19)8-11-4-2-1-3-5-11/h1-7,12,19H,8-10H2,(H2,17,18,20)/t12-/m1/s1. The van der Waals surface area contributed by atoms with Gasteiger partial charge in [0.25, 0.3) is 0 Å². The molecule has 1 aromatic heterocycles. The molecule has 2 rings (SSSR count). The van der Waals surface area contributed by atoms with Gasteiger partial charge in [0.05, 0.1) is 19.2 Å². The number of hydrogen-bond donors (Lipinski definition) is 3. The van der Waals surface area contributed by atoms with Crippen LogP contribution < -0.4 is 10.6 Å². The largest absolute Gasteiger partial charge is 0.394 e. The molecule has 0 spiro atoms. The van der Waals surface area contributed by atoms with E-state index in [0.717, 1.165) is 14.9 Å². The van der Waals surface area contributed by atoms with Gasteiger partial charge in [0.2, 0.25) is 0 Å². The van der Waals surface area contributed by atoms with Gasteiger partial charge in [-0.3, -0.25) is 0 Å². The second-order valence-electron chi connectivity index (χ2n) is 4.59. The fraction of sp³-hybridized carbons (Fsp3) is 0.267. The Hall–Kier alpha value is -1.37. The van der Waals surface area contributed by atoms with Crippen molar-refractivity contribution in [1.82, 2.24) is 10.6 Å². The molecule has 0 bridgehead atoms. The monoisotopic (exact) mass is 368 g/mol. The van der Waals surface area contributed by atoms with Crippen LogP contribution in [0.5, 0.6) is 0 Å². The molecule has 2 aromatic rings. The number of aliphatic hydroxyl groups is 1. The van der Waals surface area contributed by atoms with Crippen LogP contribution >= 0.6 is 27.3 Å². The van der Waals surface area contributed by atoms with E-state index in [-0.39, 0.29) is 18.7 Å². The Balaban J connectivity index is 1.81. The molecule has 6 heteroatoms. The number of thiophene rings is 1. The zero-order valence-corrected chi connectivity index (χ0v) is 13.8. The molecule has 1 aromatic carbocycles. The molecule has 0 saturated heterocycles. The van der Waals surface area contributed by atoms with Crippen LogP contribution in [0.15, 0.2) is 46.3 Å². The Morgan fingerprint density at radius 2 is 2.05 bits per heavy atom. The van der Waals surface area contributed by atoms with Crippen molar-refractivity contribution >= 4 is 33.3 Å². The molecule has 0 fully saturated rings. The highest BCUT2D eigenvalue weighted by molar-refractivity contribution is 9.10. The maximum absolute atomic E-state index is 11.9. The van der Waals surface area contributed by atoms with E-state index in [4.69, 9.17) is 0 Å². The van der Waals surface area contributed by atoms with Crippen molar-refractivity contribution in [1.29, 1.82) is 0 Å². The maximum Gasteiger partial charge on any atom is 0.315 e. The lowest BCUT2D eigenvalue weighted by atomic mass is 10.1. The van der Waals surface area contributed by atoms with E-state index in [1.165, 1.54) is 0 Å². The molecule has 4 nitrogen and oxygen atoms in total. The van der Waals surface area contributed by atoms with Gasteiger partial charge in [0, 0.05) is 9.35 Å². The molecule has 1 heterocycles. The maximum atomic E-state index is 11.9. The quantitative estimate of drug-likeness (QED) is 0.733. The first-order valence-electron chi connectivity index (χ1n) is 6.60. The Bertz CT molecular complexity index is 574. The minimum Gasteiger partial charge on any atom is -0.394 e. The molecule has 0 aliphatic rings. The third-order valence-electron chi connectivity index (χ3n) is 2.98. The van der Waals surface area contributed by atoms with Gasteiger partial charge in [-0.1, -0.05) is 30.3 Å². The molecule has 1 atom stereocenters. The van der Waals surface area contributed by atoms with Gasteiger partial charge in [-0.2, -0.15) is 0 Å². The van der Waals surface area contributed by atoms with Crippen molar-refractivity contribution < 1.29 is 9.90 Å². The number of benzene rings is 1. The first-order valence-corrected chi connectivity index (χ1v) is 8.27. The van der Waals surface area contributed by atoms with Crippen LogP contribution in [0.3, 0.4) is 0 Å². The number of urea groups is 1. The molecule has 112 valence electrons. The molecule has 0 saturated carbocycles. The Morgan fingerprint density at radius 1 is 1.29 bits per heavy atom. The third kappa shape index (κ3) is 5.15. The van der Waals surface area contributed by atoms with Crippen LogP contribution in [0.2, 0.25) is 0 Å². The predicted octanol–water partition coefficient (Wildman–Crippen LogP) is 2.91. The van der Waals surface area contributed by atoms with E-state index in [1.807, 2.05) is 41.8 Å². The molecular weight excluding hydrogens is 352 g/mol. The smallest absolute Gasteiger partial charge is 0.315 e. The summed E-state index contributed by atoms with van der Waals surface area (Å²) in [5, 5.41) is 16.9. The molecule has 21 heavy (non-hydrogen) atoms. The Morgan fingerprint density at radius 3 is 2.67 bits per heavy atom. The van der Waals surface area contributed by atoms with E-state index in [2.05, 4.69) is 26.6 Å². The SMILES string of the molecule is O=C(NCc1sccc1Br)N[C@@H](CO)Cc1ccccc1. The molecule has 2 amide bonds. The lowest BCUT2D eigenvalue weighted by Gasteiger charge is -2.16. The first-order chi connectivity index (χ1) is 10.2. The molecule has 0 unspecified atom stereocenters. The van der Waals surface area contributed by atoms with Crippen LogP contribution in [0.4, 0.5) is 4.79 Å². The molecule has 0 aliphatic heterocycles. The van der Waals surface area contributed by atoms with E-state index >= 15 is 0 Å². The van der Waals surface area contributed by atoms with Crippen LogP contribution in [0.25, 0.3) is 0 Å². The van der Waals surface area contributed by atoms with Crippen molar-refractivity contribution in [2.45, 2.75) is 19.0 Å². The summed E-state index contributed by atoms with van der Waals surface area (Å²) in [4.78, 5) is 12.9. The number of carbonyl (C=O) groups excluding carboxylic acids is 1. The number of hydrogen-bond acceptors (Lipinski definition) is 3. The zero-order chi connectivity index (χ0) is 15.1. The molecule has 3 N–H and O–H groups in total. The summed E-state index contributed by atoms with van der Waals surface area (Å²) >= 11 is 5.00. The fourth-order valence-electron chi connectivity index (χ4n) is 1.91. The number of carbonyl (C=O) groups is 1. The van der Waals surface area contributed by atoms with Gasteiger partial charge in [0.1, 0.15) is 0 Å². The fourth-order valence-corrected chi connectivity index (χ4v) is 3.34. The van der Waals surface area contributed by atoms with E-state index in [9.17, 15) is 9.90 Å². The number of aliphatic hydroxyl groups excluding tert-OH is 1. The van der Waals surface area contributed by atoms with Gasteiger partial charge in [-0.15, -0.1) is 11.3 Å². The molecular formula is C15H17BrN2O2S. The summed E-state index contributed by atoms with van der Waals surface area (Å²) in [5.41, 5.74) is 1.08. The Kier molecular flexibility index (Phi) is 6.22. The average Bonchev–Trinajstić information content (AvgIpc) is 2.91. The van der Waals surface area contributed by atoms with Gasteiger partial charge in [0.15, 0.2) is 0 Å². The summed E-state index contributed by atoms with van der Waals surface area (Å²) in [6.45, 7) is 0.374. The molecule has 0 radical (unpaired) electrons. The highest BCUT2D eigenvalue weighted by atomic mass is 79.9. The number of amides is 2. The summed E-state index contributed by atoms with van der Waals surface area (Å²) in [6, 6.07) is 11.2. The first kappa shape index (κ1) is 16.0. The van der Waals surface area contributed by atoms with Crippen LogP contribution in [-0.4, -0.2) is 23.8 Å². The second-order valence-corrected chi connectivity index (χ2v) is 6.44. The minimum absolute atomic E-state index is 0.0923. The van der Waals surface area contributed by atoms with E-state index in [0.29, 0.717) is 13.0 Å². The van der Waals surface area contributed by atoms with E-state index < -0.39 is 0 Å². The average molecular weight is 369 g/mol. The lowest BCUT2D eigenvalue weighted by molar-refractivity contribution is 0.215. The van der Waals surface area contributed by atoms with Crippen molar-refractivity contribution in [2.75, 3.05) is 6.61 Å². The van der Waals surface area contributed by atoms with Crippen LogP contribution in [0, 0.1) is 0 Å². The summed E-state index contributed by atoms with van der Waals surface area (Å²) in [6.07, 6.45) is 0.605. The van der Waals surface area contributed by atoms with Gasteiger partial charge >= 0.3 is 6.03 Å². The second kappa shape index (κ2) is 8.17. The van der Waals surface area contributed by atoms with Crippen LogP contribution in [0.1, 0.15) is 10.4 Å². The summed E-state index contributed by atoms with van der Waals surface area (Å²) < 4.78 is 0.996. The predicted molar refractivity (Wildman–Crippen MR) is 88.4 cm³/mol. The normalized spacial score (nSPS) is 11.9. The zero-order valence-electron chi connectivity index (χ0n) is 11.4. The van der Waals surface area contributed by atoms with Gasteiger partial charge in [-0.25, -0.2) is 4.79 Å². The van der Waals surface area contributed by atoms with Crippen molar-refractivity contribution in [3.05, 3.63) is 56.7 Å². The van der Waals surface area contributed by atoms with Gasteiger partial charge < -0.3 is 15.7 Å². The third-order valence-corrected chi connectivity index (χ3v) is 4.91. The van der Waals surface area contributed by atoms with Crippen molar-refractivity contribution in [3.8, 4) is 0 Å².